The molecule has 7 nitrogen and oxygen atoms in total. The number of para-hydroxylation sites is 1. The van der Waals surface area contributed by atoms with Crippen LogP contribution in [0.25, 0.3) is 11.3 Å². The molecule has 0 bridgehead atoms. The summed E-state index contributed by atoms with van der Waals surface area (Å²) in [5, 5.41) is 28.3. The summed E-state index contributed by atoms with van der Waals surface area (Å²) in [5.41, 5.74) is 7.95. The van der Waals surface area contributed by atoms with E-state index in [0.29, 0.717) is 41.7 Å². The van der Waals surface area contributed by atoms with Crippen LogP contribution in [-0.2, 0) is 0 Å². The van der Waals surface area contributed by atoms with Crippen LogP contribution in [0, 0.1) is 6.92 Å². The summed E-state index contributed by atoms with van der Waals surface area (Å²) in [6.45, 7) is 2.17. The summed E-state index contributed by atoms with van der Waals surface area (Å²) >= 11 is 0. The molecule has 0 aliphatic heterocycles. The topological polar surface area (TPSA) is 116 Å². The van der Waals surface area contributed by atoms with Gasteiger partial charge in [-0.25, -0.2) is 9.97 Å². The summed E-state index contributed by atoms with van der Waals surface area (Å²) in [7, 11) is 0. The average Bonchev–Trinajstić information content (AvgIpc) is 2.50. The number of nitrogen functional groups attached to an aromatic ring is 1. The smallest absolute Gasteiger partial charge is 0.226 e. The molecular weight excluding hydrogens is 284 g/mol. The minimum absolute atomic E-state index is 0.0779. The zero-order valence-electron chi connectivity index (χ0n) is 12.4. The number of benzene rings is 1. The van der Waals surface area contributed by atoms with Gasteiger partial charge in [-0.3, -0.25) is 0 Å². The Morgan fingerprint density at radius 3 is 2.32 bits per heavy atom. The Labute approximate surface area is 128 Å². The van der Waals surface area contributed by atoms with Crippen LogP contribution in [0.3, 0.4) is 0 Å². The molecule has 1 heterocycles. The van der Waals surface area contributed by atoms with Crippen molar-refractivity contribution in [1.82, 2.24) is 9.97 Å². The molecule has 7 heteroatoms. The van der Waals surface area contributed by atoms with Crippen molar-refractivity contribution < 1.29 is 15.3 Å². The van der Waals surface area contributed by atoms with Crippen LogP contribution < -0.4 is 10.6 Å². The van der Waals surface area contributed by atoms with Gasteiger partial charge in [0.2, 0.25) is 5.95 Å². The zero-order valence-corrected chi connectivity index (χ0v) is 12.4. The largest absolute Gasteiger partial charge is 0.507 e. The number of anilines is 2. The molecule has 2 aromatic rings. The molecule has 1 aromatic carbocycles. The van der Waals surface area contributed by atoms with Crippen LogP contribution in [0.1, 0.15) is 5.69 Å². The van der Waals surface area contributed by atoms with E-state index in [1.807, 2.05) is 0 Å². The van der Waals surface area contributed by atoms with Crippen molar-refractivity contribution in [3.8, 4) is 17.0 Å². The van der Waals surface area contributed by atoms with Gasteiger partial charge in [0.15, 0.2) is 0 Å². The maximum Gasteiger partial charge on any atom is 0.226 e. The maximum absolute atomic E-state index is 10.0. The van der Waals surface area contributed by atoms with Crippen LogP contribution in [0.4, 0.5) is 11.6 Å². The highest BCUT2D eigenvalue weighted by atomic mass is 16.3. The van der Waals surface area contributed by atoms with E-state index in [2.05, 4.69) is 9.97 Å². The van der Waals surface area contributed by atoms with E-state index in [1.54, 1.807) is 36.1 Å². The molecule has 0 saturated carbocycles. The number of phenolic OH excluding ortho intramolecular Hbond substituents is 1. The lowest BCUT2D eigenvalue weighted by molar-refractivity contribution is 0.280. The van der Waals surface area contributed by atoms with E-state index in [9.17, 15) is 5.11 Å². The molecule has 0 amide bonds. The normalized spacial score (nSPS) is 10.7. The number of rotatable bonds is 6. The standard InChI is InChI=1S/C15H20N4O3/c1-10-13(16)14(11-4-2-3-5-12(11)22)18-15(17-10)19(6-8-20)7-9-21/h2-5,20-22H,6-9,16H2,1H3. The van der Waals surface area contributed by atoms with Gasteiger partial charge in [0, 0.05) is 18.7 Å². The van der Waals surface area contributed by atoms with E-state index < -0.39 is 0 Å². The lowest BCUT2D eigenvalue weighted by Crippen LogP contribution is -2.31. The summed E-state index contributed by atoms with van der Waals surface area (Å²) in [6, 6.07) is 6.78. The molecule has 118 valence electrons. The molecule has 2 rings (SSSR count). The third-order valence-corrected chi connectivity index (χ3v) is 3.31. The second-order valence-corrected chi connectivity index (χ2v) is 4.82. The van der Waals surface area contributed by atoms with Gasteiger partial charge >= 0.3 is 0 Å². The molecule has 0 saturated heterocycles. The second-order valence-electron chi connectivity index (χ2n) is 4.82. The number of aliphatic hydroxyl groups excluding tert-OH is 2. The van der Waals surface area contributed by atoms with Gasteiger partial charge in [-0.2, -0.15) is 0 Å². The van der Waals surface area contributed by atoms with Crippen molar-refractivity contribution in [2.24, 2.45) is 0 Å². The first-order valence-electron chi connectivity index (χ1n) is 6.97. The summed E-state index contributed by atoms with van der Waals surface area (Å²) < 4.78 is 0. The fourth-order valence-corrected chi connectivity index (χ4v) is 2.14. The Morgan fingerprint density at radius 1 is 1.09 bits per heavy atom. The van der Waals surface area contributed by atoms with Crippen molar-refractivity contribution in [2.75, 3.05) is 36.9 Å². The van der Waals surface area contributed by atoms with Gasteiger partial charge in [-0.1, -0.05) is 12.1 Å². The molecule has 0 atom stereocenters. The average molecular weight is 304 g/mol. The SMILES string of the molecule is Cc1nc(N(CCO)CCO)nc(-c2ccccc2O)c1N. The van der Waals surface area contributed by atoms with E-state index in [-0.39, 0.29) is 19.0 Å². The Hall–Kier alpha value is -2.38. The number of hydrogen-bond donors (Lipinski definition) is 4. The quantitative estimate of drug-likeness (QED) is 0.615. The summed E-state index contributed by atoms with van der Waals surface area (Å²) in [6.07, 6.45) is 0. The Morgan fingerprint density at radius 2 is 1.73 bits per heavy atom. The molecule has 22 heavy (non-hydrogen) atoms. The highest BCUT2D eigenvalue weighted by Gasteiger charge is 2.17. The first kappa shape index (κ1) is 16.0. The van der Waals surface area contributed by atoms with Crippen LogP contribution in [-0.4, -0.2) is 51.6 Å². The van der Waals surface area contributed by atoms with Gasteiger partial charge in [0.25, 0.3) is 0 Å². The van der Waals surface area contributed by atoms with Crippen molar-refractivity contribution in [1.29, 1.82) is 0 Å². The first-order chi connectivity index (χ1) is 10.6. The molecule has 0 unspecified atom stereocenters. The van der Waals surface area contributed by atoms with Gasteiger partial charge in [0.05, 0.1) is 24.6 Å². The van der Waals surface area contributed by atoms with E-state index in [1.165, 1.54) is 0 Å². The van der Waals surface area contributed by atoms with Gasteiger partial charge in [0.1, 0.15) is 11.4 Å². The van der Waals surface area contributed by atoms with E-state index in [0.717, 1.165) is 0 Å². The number of nitrogens with zero attached hydrogens (tertiary/aromatic N) is 3. The van der Waals surface area contributed by atoms with Crippen molar-refractivity contribution >= 4 is 11.6 Å². The predicted octanol–water partition coefficient (Wildman–Crippen LogP) is 0.531. The van der Waals surface area contributed by atoms with Gasteiger partial charge in [-0.15, -0.1) is 0 Å². The highest BCUT2D eigenvalue weighted by molar-refractivity contribution is 5.78. The lowest BCUT2D eigenvalue weighted by atomic mass is 10.1. The predicted molar refractivity (Wildman–Crippen MR) is 84.7 cm³/mol. The number of nitrogens with two attached hydrogens (primary N) is 1. The lowest BCUT2D eigenvalue weighted by Gasteiger charge is -2.22. The number of aryl methyl sites for hydroxylation is 1. The Bertz CT molecular complexity index is 643. The Kier molecular flexibility index (Phi) is 5.13. The zero-order chi connectivity index (χ0) is 16.1. The van der Waals surface area contributed by atoms with Crippen molar-refractivity contribution in [3.05, 3.63) is 30.0 Å². The third kappa shape index (κ3) is 3.26. The molecule has 0 radical (unpaired) electrons. The fourth-order valence-electron chi connectivity index (χ4n) is 2.14. The minimum Gasteiger partial charge on any atom is -0.507 e. The minimum atomic E-state index is -0.0846. The van der Waals surface area contributed by atoms with Crippen LogP contribution >= 0.6 is 0 Å². The summed E-state index contributed by atoms with van der Waals surface area (Å²) in [5.74, 6) is 0.433. The highest BCUT2D eigenvalue weighted by Crippen LogP contribution is 2.33. The van der Waals surface area contributed by atoms with Gasteiger partial charge in [-0.05, 0) is 19.1 Å². The van der Waals surface area contributed by atoms with Crippen LogP contribution in [0.2, 0.25) is 0 Å². The number of hydrogen-bond acceptors (Lipinski definition) is 7. The molecule has 5 N–H and O–H groups in total. The van der Waals surface area contributed by atoms with Crippen LogP contribution in [0.15, 0.2) is 24.3 Å². The molecule has 0 aliphatic carbocycles. The molecule has 0 fully saturated rings. The fraction of sp³-hybridized carbons (Fsp3) is 0.333. The second kappa shape index (κ2) is 7.06. The molecule has 1 aromatic heterocycles. The van der Waals surface area contributed by atoms with Crippen LogP contribution in [0.5, 0.6) is 5.75 Å². The van der Waals surface area contributed by atoms with Gasteiger partial charge < -0.3 is 26.0 Å². The maximum atomic E-state index is 10.0. The van der Waals surface area contributed by atoms with Crippen molar-refractivity contribution in [3.63, 3.8) is 0 Å². The molecular formula is C15H20N4O3. The van der Waals surface area contributed by atoms with Crippen molar-refractivity contribution in [2.45, 2.75) is 6.92 Å². The number of aliphatic hydroxyl groups is 2. The van der Waals surface area contributed by atoms with E-state index in [4.69, 9.17) is 15.9 Å². The number of aromatic hydroxyl groups is 1. The van der Waals surface area contributed by atoms with E-state index >= 15 is 0 Å². The third-order valence-electron chi connectivity index (χ3n) is 3.31. The first-order valence-corrected chi connectivity index (χ1v) is 6.97. The number of phenols is 1. The monoisotopic (exact) mass is 304 g/mol. The summed E-state index contributed by atoms with van der Waals surface area (Å²) in [4.78, 5) is 10.4. The number of aromatic nitrogens is 2. The molecule has 0 spiro atoms. The Balaban J connectivity index is 2.53. The molecule has 0 aliphatic rings.